The van der Waals surface area contributed by atoms with Gasteiger partial charge in [0.05, 0.1) is 5.56 Å². The van der Waals surface area contributed by atoms with Crippen LogP contribution in [0, 0.1) is 0 Å². The lowest BCUT2D eigenvalue weighted by Crippen LogP contribution is -2.15. The van der Waals surface area contributed by atoms with Gasteiger partial charge in [-0.1, -0.05) is 36.8 Å². The third-order valence-corrected chi connectivity index (χ3v) is 4.67. The van der Waals surface area contributed by atoms with Gasteiger partial charge in [0.15, 0.2) is 0 Å². The molecule has 0 aliphatic heterocycles. The molecule has 0 radical (unpaired) electrons. The number of aromatic nitrogens is 2. The first kappa shape index (κ1) is 18.1. The Morgan fingerprint density at radius 1 is 1.15 bits per heavy atom. The molecule has 1 heterocycles. The minimum atomic E-state index is -0.190. The lowest BCUT2D eigenvalue weighted by Gasteiger charge is -2.13. The van der Waals surface area contributed by atoms with E-state index in [4.69, 9.17) is 0 Å². The molecule has 0 saturated heterocycles. The molecule has 0 fully saturated rings. The van der Waals surface area contributed by atoms with E-state index in [0.29, 0.717) is 11.5 Å². The maximum Gasteiger partial charge on any atom is 0.258 e. The minimum absolute atomic E-state index is 0.190. The van der Waals surface area contributed by atoms with Gasteiger partial charge >= 0.3 is 0 Å². The van der Waals surface area contributed by atoms with E-state index < -0.39 is 0 Å². The van der Waals surface area contributed by atoms with Crippen molar-refractivity contribution in [2.24, 2.45) is 0 Å². The highest BCUT2D eigenvalue weighted by molar-refractivity contribution is 6.04. The van der Waals surface area contributed by atoms with E-state index in [1.54, 1.807) is 12.4 Å². The number of anilines is 2. The number of rotatable bonds is 7. The second-order valence-corrected chi connectivity index (χ2v) is 6.55. The zero-order valence-electron chi connectivity index (χ0n) is 15.3. The Morgan fingerprint density at radius 3 is 2.69 bits per heavy atom. The highest BCUT2D eigenvalue weighted by Gasteiger charge is 2.10. The average Bonchev–Trinajstić information content (AvgIpc) is 2.70. The molecule has 2 aromatic rings. The fourth-order valence-corrected chi connectivity index (χ4v) is 3.15. The lowest BCUT2D eigenvalue weighted by molar-refractivity contribution is 0.102. The number of nitrogens with one attached hydrogen (secondary N) is 2. The fourth-order valence-electron chi connectivity index (χ4n) is 3.15. The van der Waals surface area contributed by atoms with E-state index in [9.17, 15) is 4.79 Å². The van der Waals surface area contributed by atoms with E-state index in [1.165, 1.54) is 31.3 Å². The SMILES string of the molecule is CCc1ccccc1NC(=O)c1cnc(NCCC2=CCCCC2)nc1. The highest BCUT2D eigenvalue weighted by atomic mass is 16.1. The Balaban J connectivity index is 1.53. The zero-order valence-corrected chi connectivity index (χ0v) is 15.3. The molecule has 0 saturated carbocycles. The minimum Gasteiger partial charge on any atom is -0.354 e. The van der Waals surface area contributed by atoms with Gasteiger partial charge in [-0.3, -0.25) is 4.79 Å². The van der Waals surface area contributed by atoms with Crippen molar-refractivity contribution in [3.8, 4) is 0 Å². The van der Waals surface area contributed by atoms with Gasteiger partial charge in [-0.2, -0.15) is 0 Å². The largest absolute Gasteiger partial charge is 0.354 e. The standard InChI is InChI=1S/C21H26N4O/c1-2-17-10-6-7-11-19(17)25-20(26)18-14-23-21(24-15-18)22-13-12-16-8-4-3-5-9-16/h6-8,10-11,14-15H,2-5,9,12-13H2,1H3,(H,25,26)(H,22,23,24). The summed E-state index contributed by atoms with van der Waals surface area (Å²) in [5, 5.41) is 6.17. The Labute approximate surface area is 155 Å². The number of amides is 1. The molecule has 0 atom stereocenters. The molecule has 5 heteroatoms. The summed E-state index contributed by atoms with van der Waals surface area (Å²) in [6, 6.07) is 7.82. The molecule has 3 rings (SSSR count). The number of hydrogen-bond donors (Lipinski definition) is 2. The maximum absolute atomic E-state index is 12.4. The van der Waals surface area contributed by atoms with Crippen LogP contribution in [-0.2, 0) is 6.42 Å². The van der Waals surface area contributed by atoms with Crippen LogP contribution in [0.2, 0.25) is 0 Å². The van der Waals surface area contributed by atoms with Crippen LogP contribution in [0.4, 0.5) is 11.6 Å². The second-order valence-electron chi connectivity index (χ2n) is 6.55. The fraction of sp³-hybridized carbons (Fsp3) is 0.381. The molecule has 1 amide bonds. The second kappa shape index (κ2) is 9.13. The van der Waals surface area contributed by atoms with Gasteiger partial charge in [0.2, 0.25) is 5.95 Å². The monoisotopic (exact) mass is 350 g/mol. The number of benzene rings is 1. The Bertz CT molecular complexity index is 768. The van der Waals surface area contributed by atoms with Crippen LogP contribution in [0.15, 0.2) is 48.3 Å². The third-order valence-electron chi connectivity index (χ3n) is 4.67. The van der Waals surface area contributed by atoms with Crippen molar-refractivity contribution < 1.29 is 4.79 Å². The van der Waals surface area contributed by atoms with Gasteiger partial charge in [0, 0.05) is 24.6 Å². The number of carbonyl (C=O) groups is 1. The topological polar surface area (TPSA) is 66.9 Å². The summed E-state index contributed by atoms with van der Waals surface area (Å²) in [7, 11) is 0. The molecule has 136 valence electrons. The van der Waals surface area contributed by atoms with Gasteiger partial charge in [0.1, 0.15) is 0 Å². The van der Waals surface area contributed by atoms with Crippen molar-refractivity contribution in [1.82, 2.24) is 9.97 Å². The lowest BCUT2D eigenvalue weighted by atomic mass is 9.97. The summed E-state index contributed by atoms with van der Waals surface area (Å²) in [6.07, 6.45) is 12.4. The molecule has 1 aliphatic carbocycles. The number of aryl methyl sites for hydroxylation is 1. The summed E-state index contributed by atoms with van der Waals surface area (Å²) in [4.78, 5) is 20.9. The van der Waals surface area contributed by atoms with Gasteiger partial charge in [-0.05, 0) is 50.2 Å². The van der Waals surface area contributed by atoms with Crippen molar-refractivity contribution in [3.05, 3.63) is 59.4 Å². The van der Waals surface area contributed by atoms with E-state index in [1.807, 2.05) is 24.3 Å². The van der Waals surface area contributed by atoms with Crippen LogP contribution in [0.5, 0.6) is 0 Å². The number of nitrogens with zero attached hydrogens (tertiary/aromatic N) is 2. The van der Waals surface area contributed by atoms with Crippen LogP contribution in [-0.4, -0.2) is 22.4 Å². The summed E-state index contributed by atoms with van der Waals surface area (Å²) in [5.74, 6) is 0.372. The van der Waals surface area contributed by atoms with Crippen molar-refractivity contribution in [1.29, 1.82) is 0 Å². The molecule has 26 heavy (non-hydrogen) atoms. The predicted octanol–water partition coefficient (Wildman–Crippen LogP) is 4.59. The van der Waals surface area contributed by atoms with Gasteiger partial charge < -0.3 is 10.6 Å². The van der Waals surface area contributed by atoms with Gasteiger partial charge in [-0.25, -0.2) is 9.97 Å². The molecule has 0 spiro atoms. The first-order valence-electron chi connectivity index (χ1n) is 9.39. The summed E-state index contributed by atoms with van der Waals surface area (Å²) in [6.45, 7) is 2.89. The summed E-state index contributed by atoms with van der Waals surface area (Å²) < 4.78 is 0. The molecular weight excluding hydrogens is 324 g/mol. The summed E-state index contributed by atoms with van der Waals surface area (Å²) >= 11 is 0. The first-order chi connectivity index (χ1) is 12.8. The normalized spacial score (nSPS) is 13.8. The van der Waals surface area contributed by atoms with E-state index >= 15 is 0 Å². The van der Waals surface area contributed by atoms with Crippen LogP contribution < -0.4 is 10.6 Å². The first-order valence-corrected chi connectivity index (χ1v) is 9.39. The van der Waals surface area contributed by atoms with Crippen molar-refractivity contribution >= 4 is 17.5 Å². The van der Waals surface area contributed by atoms with Crippen LogP contribution in [0.3, 0.4) is 0 Å². The third kappa shape index (κ3) is 4.91. The van der Waals surface area contributed by atoms with Crippen LogP contribution >= 0.6 is 0 Å². The molecule has 1 aliphatic rings. The summed E-state index contributed by atoms with van der Waals surface area (Å²) in [5.41, 5.74) is 3.92. The maximum atomic E-state index is 12.4. The van der Waals surface area contributed by atoms with Gasteiger partial charge in [-0.15, -0.1) is 0 Å². The Kier molecular flexibility index (Phi) is 6.36. The number of para-hydroxylation sites is 1. The zero-order chi connectivity index (χ0) is 18.2. The quantitative estimate of drug-likeness (QED) is 0.717. The predicted molar refractivity (Wildman–Crippen MR) is 105 cm³/mol. The van der Waals surface area contributed by atoms with E-state index in [-0.39, 0.29) is 5.91 Å². The van der Waals surface area contributed by atoms with E-state index in [0.717, 1.165) is 30.6 Å². The molecule has 0 bridgehead atoms. The molecular formula is C21H26N4O. The number of carbonyl (C=O) groups excluding carboxylic acids is 1. The average molecular weight is 350 g/mol. The molecule has 0 unspecified atom stereocenters. The van der Waals surface area contributed by atoms with Crippen molar-refractivity contribution in [2.45, 2.75) is 45.4 Å². The number of allylic oxidation sites excluding steroid dienone is 1. The van der Waals surface area contributed by atoms with Crippen LogP contribution in [0.1, 0.15) is 54.9 Å². The Morgan fingerprint density at radius 2 is 1.96 bits per heavy atom. The smallest absolute Gasteiger partial charge is 0.258 e. The van der Waals surface area contributed by atoms with Crippen LogP contribution in [0.25, 0.3) is 0 Å². The Hall–Kier alpha value is -2.69. The highest BCUT2D eigenvalue weighted by Crippen LogP contribution is 2.20. The van der Waals surface area contributed by atoms with Crippen molar-refractivity contribution in [2.75, 3.05) is 17.2 Å². The van der Waals surface area contributed by atoms with E-state index in [2.05, 4.69) is 33.6 Å². The van der Waals surface area contributed by atoms with Gasteiger partial charge in [0.25, 0.3) is 5.91 Å². The molecule has 1 aromatic carbocycles. The van der Waals surface area contributed by atoms with Crippen molar-refractivity contribution in [3.63, 3.8) is 0 Å². The molecule has 2 N–H and O–H groups in total. The molecule has 5 nitrogen and oxygen atoms in total. The molecule has 1 aromatic heterocycles. The number of hydrogen-bond acceptors (Lipinski definition) is 4.